The number of fused-ring (bicyclic) bond motifs is 1. The summed E-state index contributed by atoms with van der Waals surface area (Å²) >= 11 is 5.40. The Bertz CT molecular complexity index is 859. The van der Waals surface area contributed by atoms with Crippen LogP contribution in [0.25, 0.3) is 0 Å². The molecule has 3 rings (SSSR count). The van der Waals surface area contributed by atoms with Crippen LogP contribution in [-0.4, -0.2) is 34.8 Å². The van der Waals surface area contributed by atoms with E-state index in [0.29, 0.717) is 17.9 Å². The van der Waals surface area contributed by atoms with E-state index < -0.39 is 0 Å². The molecule has 0 saturated heterocycles. The predicted molar refractivity (Wildman–Crippen MR) is 102 cm³/mol. The number of hydrogen-bond acceptors (Lipinski definition) is 5. The summed E-state index contributed by atoms with van der Waals surface area (Å²) < 4.78 is 7.73. The smallest absolute Gasteiger partial charge is 0.258 e. The molecule has 0 spiro atoms. The zero-order valence-corrected chi connectivity index (χ0v) is 15.5. The van der Waals surface area contributed by atoms with Crippen molar-refractivity contribution in [1.29, 1.82) is 0 Å². The Balaban J connectivity index is 1.85. The minimum Gasteiger partial charge on any atom is -0.497 e. The number of nitrogens with zero attached hydrogens (tertiary/aromatic N) is 2. The summed E-state index contributed by atoms with van der Waals surface area (Å²) in [5, 5.41) is 3.38. The maximum absolute atomic E-state index is 12.3. The van der Waals surface area contributed by atoms with Crippen LogP contribution >= 0.6 is 12.2 Å². The molecular formula is C18H24N4O2S. The van der Waals surface area contributed by atoms with Crippen LogP contribution < -0.4 is 15.6 Å². The quantitative estimate of drug-likeness (QED) is 0.776. The van der Waals surface area contributed by atoms with Gasteiger partial charge in [0.25, 0.3) is 5.56 Å². The van der Waals surface area contributed by atoms with Gasteiger partial charge in [-0.15, -0.1) is 0 Å². The number of aryl methyl sites for hydroxylation is 1. The molecule has 1 aliphatic heterocycles. The van der Waals surface area contributed by atoms with Gasteiger partial charge in [-0.1, -0.05) is 19.1 Å². The van der Waals surface area contributed by atoms with Crippen LogP contribution in [0.5, 0.6) is 5.75 Å². The molecule has 0 atom stereocenters. The van der Waals surface area contributed by atoms with Gasteiger partial charge in [-0.05, 0) is 49.3 Å². The SMILES string of the molecule is CCCN1CNc2c(c(=O)[nH]c(=S)n2CCc2cccc(OC)c2)C1. The van der Waals surface area contributed by atoms with E-state index in [0.717, 1.165) is 43.2 Å². The Morgan fingerprint density at radius 3 is 2.92 bits per heavy atom. The molecule has 0 amide bonds. The van der Waals surface area contributed by atoms with Crippen molar-refractivity contribution in [3.05, 3.63) is 50.5 Å². The van der Waals surface area contributed by atoms with Crippen molar-refractivity contribution < 1.29 is 4.74 Å². The van der Waals surface area contributed by atoms with Crippen LogP contribution in [0, 0.1) is 4.77 Å². The van der Waals surface area contributed by atoms with E-state index in [-0.39, 0.29) is 5.56 Å². The predicted octanol–water partition coefficient (Wildman–Crippen LogP) is 2.75. The van der Waals surface area contributed by atoms with Crippen LogP contribution in [-0.2, 0) is 19.5 Å². The number of benzene rings is 1. The Hall–Kier alpha value is -2.12. The molecule has 0 unspecified atom stereocenters. The number of aromatic nitrogens is 2. The average Bonchev–Trinajstić information content (AvgIpc) is 2.62. The summed E-state index contributed by atoms with van der Waals surface area (Å²) in [6.07, 6.45) is 1.87. The second kappa shape index (κ2) is 7.84. The van der Waals surface area contributed by atoms with Crippen molar-refractivity contribution in [3.8, 4) is 5.75 Å². The standard InChI is InChI=1S/C18H24N4O2S/c1-3-8-21-11-15-16(19-12-21)22(18(25)20-17(15)23)9-7-13-5-4-6-14(10-13)24-2/h4-6,10,19H,3,7-9,11-12H2,1-2H3,(H,20,23,25). The van der Waals surface area contributed by atoms with Crippen LogP contribution in [0.15, 0.2) is 29.1 Å². The number of aromatic amines is 1. The summed E-state index contributed by atoms with van der Waals surface area (Å²) in [4.78, 5) is 17.4. The van der Waals surface area contributed by atoms with Gasteiger partial charge in [0, 0.05) is 13.1 Å². The van der Waals surface area contributed by atoms with Gasteiger partial charge in [0.1, 0.15) is 11.6 Å². The number of ether oxygens (including phenoxy) is 1. The topological polar surface area (TPSA) is 62.3 Å². The fourth-order valence-corrected chi connectivity index (χ4v) is 3.46. The van der Waals surface area contributed by atoms with Gasteiger partial charge < -0.3 is 14.6 Å². The molecule has 7 heteroatoms. The number of hydrogen-bond donors (Lipinski definition) is 2. The second-order valence-corrected chi connectivity index (χ2v) is 6.61. The highest BCUT2D eigenvalue weighted by Gasteiger charge is 2.21. The van der Waals surface area contributed by atoms with E-state index in [9.17, 15) is 4.79 Å². The van der Waals surface area contributed by atoms with Crippen LogP contribution in [0.1, 0.15) is 24.5 Å². The zero-order valence-electron chi connectivity index (χ0n) is 14.7. The third kappa shape index (κ3) is 3.93. The Labute approximate surface area is 152 Å². The number of methoxy groups -OCH3 is 1. The van der Waals surface area contributed by atoms with Crippen molar-refractivity contribution in [2.75, 3.05) is 25.6 Å². The molecule has 2 N–H and O–H groups in total. The second-order valence-electron chi connectivity index (χ2n) is 6.23. The van der Waals surface area contributed by atoms with Crippen molar-refractivity contribution in [2.24, 2.45) is 0 Å². The Morgan fingerprint density at radius 2 is 2.16 bits per heavy atom. The lowest BCUT2D eigenvalue weighted by molar-refractivity contribution is 0.272. The number of rotatable bonds is 6. The third-order valence-corrected chi connectivity index (χ3v) is 4.77. The van der Waals surface area contributed by atoms with Gasteiger partial charge in [-0.25, -0.2) is 0 Å². The summed E-state index contributed by atoms with van der Waals surface area (Å²) in [5.74, 6) is 1.70. The highest BCUT2D eigenvalue weighted by molar-refractivity contribution is 7.71. The molecular weight excluding hydrogens is 336 g/mol. The maximum atomic E-state index is 12.3. The molecule has 6 nitrogen and oxygen atoms in total. The summed E-state index contributed by atoms with van der Waals surface area (Å²) in [6.45, 7) is 5.19. The highest BCUT2D eigenvalue weighted by Crippen LogP contribution is 2.20. The first-order chi connectivity index (χ1) is 12.1. The molecule has 2 heterocycles. The van der Waals surface area contributed by atoms with E-state index in [4.69, 9.17) is 17.0 Å². The maximum Gasteiger partial charge on any atom is 0.258 e. The summed E-state index contributed by atoms with van der Waals surface area (Å²) in [7, 11) is 1.67. The van der Waals surface area contributed by atoms with Crippen molar-refractivity contribution in [2.45, 2.75) is 32.9 Å². The van der Waals surface area contributed by atoms with Gasteiger partial charge >= 0.3 is 0 Å². The lowest BCUT2D eigenvalue weighted by atomic mass is 10.1. The highest BCUT2D eigenvalue weighted by atomic mass is 32.1. The first-order valence-corrected chi connectivity index (χ1v) is 8.98. The molecule has 0 bridgehead atoms. The monoisotopic (exact) mass is 360 g/mol. The van der Waals surface area contributed by atoms with Gasteiger partial charge in [0.05, 0.1) is 19.3 Å². The van der Waals surface area contributed by atoms with Gasteiger partial charge in [-0.3, -0.25) is 14.7 Å². The van der Waals surface area contributed by atoms with Crippen molar-refractivity contribution in [1.82, 2.24) is 14.5 Å². The number of anilines is 1. The lowest BCUT2D eigenvalue weighted by Gasteiger charge is -2.30. The van der Waals surface area contributed by atoms with Gasteiger partial charge in [-0.2, -0.15) is 0 Å². The first kappa shape index (κ1) is 17.7. The molecule has 1 aromatic carbocycles. The van der Waals surface area contributed by atoms with E-state index >= 15 is 0 Å². The molecule has 0 fully saturated rings. The normalized spacial score (nSPS) is 14.0. The minimum absolute atomic E-state index is 0.0917. The van der Waals surface area contributed by atoms with Gasteiger partial charge in [0.15, 0.2) is 4.77 Å². The molecule has 0 radical (unpaired) electrons. The minimum atomic E-state index is -0.0917. The van der Waals surface area contributed by atoms with E-state index in [1.54, 1.807) is 7.11 Å². The molecule has 1 aromatic heterocycles. The van der Waals surface area contributed by atoms with Gasteiger partial charge in [0.2, 0.25) is 0 Å². The first-order valence-electron chi connectivity index (χ1n) is 8.57. The number of H-pyrrole nitrogens is 1. The zero-order chi connectivity index (χ0) is 17.8. The molecule has 25 heavy (non-hydrogen) atoms. The lowest BCUT2D eigenvalue weighted by Crippen LogP contribution is -2.39. The third-order valence-electron chi connectivity index (χ3n) is 4.45. The fourth-order valence-electron chi connectivity index (χ4n) is 3.18. The Morgan fingerprint density at radius 1 is 1.32 bits per heavy atom. The summed E-state index contributed by atoms with van der Waals surface area (Å²) in [6, 6.07) is 8.01. The molecule has 1 aliphatic rings. The Kier molecular flexibility index (Phi) is 5.55. The molecule has 2 aromatic rings. The molecule has 0 saturated carbocycles. The number of nitrogens with one attached hydrogen (secondary N) is 2. The molecule has 134 valence electrons. The van der Waals surface area contributed by atoms with E-state index in [1.165, 1.54) is 5.56 Å². The van der Waals surface area contributed by atoms with Crippen LogP contribution in [0.2, 0.25) is 0 Å². The van der Waals surface area contributed by atoms with Crippen molar-refractivity contribution in [3.63, 3.8) is 0 Å². The van der Waals surface area contributed by atoms with E-state index in [1.807, 2.05) is 22.8 Å². The van der Waals surface area contributed by atoms with Crippen LogP contribution in [0.4, 0.5) is 5.82 Å². The van der Waals surface area contributed by atoms with E-state index in [2.05, 4.69) is 28.2 Å². The summed E-state index contributed by atoms with van der Waals surface area (Å²) in [5.41, 5.74) is 1.84. The molecule has 0 aliphatic carbocycles. The van der Waals surface area contributed by atoms with Crippen molar-refractivity contribution >= 4 is 18.0 Å². The average molecular weight is 360 g/mol. The van der Waals surface area contributed by atoms with Crippen LogP contribution in [0.3, 0.4) is 0 Å². The largest absolute Gasteiger partial charge is 0.497 e. The fraction of sp³-hybridized carbons (Fsp3) is 0.444.